The van der Waals surface area contributed by atoms with E-state index >= 15 is 0 Å². The highest BCUT2D eigenvalue weighted by Gasteiger charge is 2.55. The summed E-state index contributed by atoms with van der Waals surface area (Å²) < 4.78 is 5.07. The second kappa shape index (κ2) is 7.73. The predicted octanol–water partition coefficient (Wildman–Crippen LogP) is 2.28. The highest BCUT2D eigenvalue weighted by molar-refractivity contribution is 6.02. The van der Waals surface area contributed by atoms with Gasteiger partial charge in [-0.25, -0.2) is 4.79 Å². The Morgan fingerprint density at radius 1 is 1.10 bits per heavy atom. The lowest BCUT2D eigenvalue weighted by atomic mass is 9.58. The van der Waals surface area contributed by atoms with Gasteiger partial charge in [0, 0.05) is 43.7 Å². The number of fused-ring (bicyclic) bond motifs is 3. The molecule has 4 atom stereocenters. The van der Waals surface area contributed by atoms with E-state index in [1.807, 2.05) is 29.2 Å². The normalized spacial score (nSPS) is 31.6. The van der Waals surface area contributed by atoms with Gasteiger partial charge >= 0.3 is 6.09 Å². The Balaban J connectivity index is 1.25. The van der Waals surface area contributed by atoms with Crippen LogP contribution in [0, 0.1) is 17.8 Å². The van der Waals surface area contributed by atoms with Crippen molar-refractivity contribution < 1.29 is 19.1 Å². The fourth-order valence-corrected chi connectivity index (χ4v) is 6.00. The largest absolute Gasteiger partial charge is 0.450 e. The second-order valence-electron chi connectivity index (χ2n) is 9.19. The third kappa shape index (κ3) is 3.42. The number of ether oxygens (including phenoxy) is 1. The minimum atomic E-state index is -0.451. The van der Waals surface area contributed by atoms with Crippen LogP contribution < -0.4 is 10.6 Å². The Morgan fingerprint density at radius 2 is 1.84 bits per heavy atom. The van der Waals surface area contributed by atoms with Crippen LogP contribution >= 0.6 is 0 Å². The third-order valence-corrected chi connectivity index (χ3v) is 7.58. The van der Waals surface area contributed by atoms with Crippen molar-refractivity contribution in [1.82, 2.24) is 15.1 Å². The first-order chi connectivity index (χ1) is 15.0. The molecule has 2 N–H and O–H groups in total. The van der Waals surface area contributed by atoms with Crippen molar-refractivity contribution in [2.75, 3.05) is 38.1 Å². The van der Waals surface area contributed by atoms with Crippen molar-refractivity contribution in [2.45, 2.75) is 38.3 Å². The molecule has 3 aliphatic carbocycles. The second-order valence-corrected chi connectivity index (χ2v) is 9.19. The van der Waals surface area contributed by atoms with E-state index in [-0.39, 0.29) is 35.7 Å². The predicted molar refractivity (Wildman–Crippen MR) is 114 cm³/mol. The van der Waals surface area contributed by atoms with Gasteiger partial charge in [0.25, 0.3) is 5.91 Å². The minimum absolute atomic E-state index is 0.00519. The molecule has 2 aliphatic heterocycles. The summed E-state index contributed by atoms with van der Waals surface area (Å²) in [6.45, 7) is 4.30. The molecule has 8 nitrogen and oxygen atoms in total. The van der Waals surface area contributed by atoms with Gasteiger partial charge in [0.15, 0.2) is 0 Å². The van der Waals surface area contributed by atoms with Crippen LogP contribution in [0.25, 0.3) is 0 Å². The van der Waals surface area contributed by atoms with Crippen LogP contribution in [0.3, 0.4) is 0 Å². The summed E-state index contributed by atoms with van der Waals surface area (Å²) in [5.74, 6) is 0.646. The fraction of sp³-hybridized carbons (Fsp3) is 0.609. The number of hydrogen-bond donors (Lipinski definition) is 2. The zero-order chi connectivity index (χ0) is 21.6. The zero-order valence-corrected chi connectivity index (χ0v) is 17.9. The van der Waals surface area contributed by atoms with E-state index in [2.05, 4.69) is 10.6 Å². The van der Waals surface area contributed by atoms with Crippen molar-refractivity contribution in [2.24, 2.45) is 17.8 Å². The lowest BCUT2D eigenvalue weighted by Gasteiger charge is -2.57. The SMILES string of the molecule is CCOC(=O)N1CCN(C(=O)[C@H]2C[C@H]3CC[C@@H]2C[C@@]32NC(=O)c3ccccc3N2)CC1. The summed E-state index contributed by atoms with van der Waals surface area (Å²) in [6, 6.07) is 7.63. The number of amides is 3. The van der Waals surface area contributed by atoms with E-state index in [9.17, 15) is 14.4 Å². The number of hydrogen-bond acceptors (Lipinski definition) is 5. The van der Waals surface area contributed by atoms with E-state index in [0.29, 0.717) is 38.3 Å². The molecular formula is C23H30N4O4. The number of nitrogens with zero attached hydrogens (tertiary/aromatic N) is 2. The topological polar surface area (TPSA) is 91.0 Å². The summed E-state index contributed by atoms with van der Waals surface area (Å²) in [5, 5.41) is 6.88. The Hall–Kier alpha value is -2.77. The van der Waals surface area contributed by atoms with Crippen molar-refractivity contribution in [3.05, 3.63) is 29.8 Å². The van der Waals surface area contributed by atoms with E-state index in [4.69, 9.17) is 4.74 Å². The molecule has 0 unspecified atom stereocenters. The summed E-state index contributed by atoms with van der Waals surface area (Å²) in [7, 11) is 0. The first-order valence-corrected chi connectivity index (χ1v) is 11.4. The number of anilines is 1. The van der Waals surface area contributed by atoms with Gasteiger partial charge in [0.2, 0.25) is 5.91 Å². The minimum Gasteiger partial charge on any atom is -0.450 e. The number of carbonyl (C=O) groups is 3. The maximum absolute atomic E-state index is 13.4. The number of para-hydroxylation sites is 1. The number of carbonyl (C=O) groups excluding carboxylic acids is 3. The Bertz CT molecular complexity index is 897. The Kier molecular flexibility index (Phi) is 5.02. The highest BCUT2D eigenvalue weighted by Crippen LogP contribution is 2.52. The lowest BCUT2D eigenvalue weighted by molar-refractivity contribution is -0.144. The van der Waals surface area contributed by atoms with E-state index in [1.165, 1.54) is 0 Å². The number of nitrogens with one attached hydrogen (secondary N) is 2. The highest BCUT2D eigenvalue weighted by atomic mass is 16.6. The summed E-state index contributed by atoms with van der Waals surface area (Å²) in [6.07, 6.45) is 3.30. The molecule has 6 rings (SSSR count). The molecule has 5 aliphatic rings. The van der Waals surface area contributed by atoms with Crippen LogP contribution in [-0.2, 0) is 9.53 Å². The van der Waals surface area contributed by atoms with Gasteiger partial charge in [0.05, 0.1) is 12.2 Å². The number of piperazine rings is 1. The average Bonchev–Trinajstić information content (AvgIpc) is 2.79. The van der Waals surface area contributed by atoms with Gasteiger partial charge in [-0.1, -0.05) is 12.1 Å². The molecule has 1 aromatic carbocycles. The maximum Gasteiger partial charge on any atom is 0.409 e. The smallest absolute Gasteiger partial charge is 0.409 e. The monoisotopic (exact) mass is 426 g/mol. The molecule has 8 heteroatoms. The quantitative estimate of drug-likeness (QED) is 0.757. The molecule has 2 heterocycles. The number of benzene rings is 1. The van der Waals surface area contributed by atoms with Crippen LogP contribution in [-0.4, -0.2) is 66.2 Å². The van der Waals surface area contributed by atoms with Crippen molar-refractivity contribution in [3.63, 3.8) is 0 Å². The van der Waals surface area contributed by atoms with Crippen molar-refractivity contribution >= 4 is 23.6 Å². The van der Waals surface area contributed by atoms with Gasteiger partial charge in [-0.15, -0.1) is 0 Å². The number of rotatable bonds is 2. The van der Waals surface area contributed by atoms with Gasteiger partial charge in [-0.2, -0.15) is 0 Å². The van der Waals surface area contributed by atoms with Gasteiger partial charge in [0.1, 0.15) is 5.66 Å². The summed E-state index contributed by atoms with van der Waals surface area (Å²) in [4.78, 5) is 41.6. The van der Waals surface area contributed by atoms with Crippen molar-refractivity contribution in [3.8, 4) is 0 Å². The fourth-order valence-electron chi connectivity index (χ4n) is 6.00. The first-order valence-electron chi connectivity index (χ1n) is 11.4. The first kappa shape index (κ1) is 20.2. The molecule has 3 amide bonds. The van der Waals surface area contributed by atoms with Crippen LogP contribution in [0.5, 0.6) is 0 Å². The summed E-state index contributed by atoms with van der Waals surface area (Å²) in [5.41, 5.74) is 1.12. The molecule has 166 valence electrons. The zero-order valence-electron chi connectivity index (χ0n) is 17.9. The average molecular weight is 427 g/mol. The molecule has 1 spiro atoms. The Labute approximate surface area is 182 Å². The molecule has 1 aromatic rings. The lowest BCUT2D eigenvalue weighted by Crippen LogP contribution is -2.68. The molecule has 4 fully saturated rings. The van der Waals surface area contributed by atoms with Crippen LogP contribution in [0.4, 0.5) is 10.5 Å². The van der Waals surface area contributed by atoms with Crippen molar-refractivity contribution in [1.29, 1.82) is 0 Å². The maximum atomic E-state index is 13.4. The van der Waals surface area contributed by atoms with E-state index in [0.717, 1.165) is 31.4 Å². The molecule has 1 saturated heterocycles. The molecule has 3 saturated carbocycles. The van der Waals surface area contributed by atoms with Crippen LogP contribution in [0.15, 0.2) is 24.3 Å². The van der Waals surface area contributed by atoms with Crippen LogP contribution in [0.2, 0.25) is 0 Å². The standard InChI is InChI=1S/C23H30N4O4/c1-2-31-22(30)27-11-9-26(10-12-27)21(29)18-13-16-8-7-15(18)14-23(16)24-19-6-4-3-5-17(19)20(28)25-23/h3-6,15-16,18,24H,2,7-14H2,1H3,(H,25,28)/t15-,16-,18+,23-/m1/s1. The van der Waals surface area contributed by atoms with E-state index < -0.39 is 5.66 Å². The van der Waals surface area contributed by atoms with Gasteiger partial charge in [-0.3, -0.25) is 9.59 Å². The molecular weight excluding hydrogens is 396 g/mol. The van der Waals surface area contributed by atoms with Gasteiger partial charge < -0.3 is 25.2 Å². The van der Waals surface area contributed by atoms with Gasteiger partial charge in [-0.05, 0) is 50.7 Å². The van der Waals surface area contributed by atoms with E-state index in [1.54, 1.807) is 11.8 Å². The van der Waals surface area contributed by atoms with Crippen LogP contribution in [0.1, 0.15) is 43.0 Å². The molecule has 31 heavy (non-hydrogen) atoms. The summed E-state index contributed by atoms with van der Waals surface area (Å²) >= 11 is 0. The third-order valence-electron chi connectivity index (χ3n) is 7.58. The Morgan fingerprint density at radius 3 is 2.55 bits per heavy atom. The molecule has 0 aromatic heterocycles. The molecule has 0 radical (unpaired) electrons. The molecule has 2 bridgehead atoms.